The lowest BCUT2D eigenvalue weighted by Crippen LogP contribution is -2.39. The van der Waals surface area contributed by atoms with Gasteiger partial charge in [0.1, 0.15) is 0 Å². The zero-order valence-corrected chi connectivity index (χ0v) is 18.2. The number of ketones is 2. The fourth-order valence-electron chi connectivity index (χ4n) is 5.57. The third-order valence-electron chi connectivity index (χ3n) is 7.01. The predicted molar refractivity (Wildman–Crippen MR) is 114 cm³/mol. The number of benzene rings is 1. The maximum Gasteiger partial charge on any atom is 0.231 e. The summed E-state index contributed by atoms with van der Waals surface area (Å²) in [5.41, 5.74) is 2.46. The van der Waals surface area contributed by atoms with E-state index >= 15 is 0 Å². The van der Waals surface area contributed by atoms with Crippen molar-refractivity contribution in [3.05, 3.63) is 57.2 Å². The number of carbonyl (C=O) groups excluding carboxylic acids is 4. The van der Waals surface area contributed by atoms with Crippen LogP contribution in [0.25, 0.3) is 0 Å². The van der Waals surface area contributed by atoms with Crippen molar-refractivity contribution in [1.82, 2.24) is 5.32 Å². The van der Waals surface area contributed by atoms with Crippen LogP contribution in [-0.4, -0.2) is 35.6 Å². The van der Waals surface area contributed by atoms with Gasteiger partial charge in [-0.1, -0.05) is 23.3 Å². The van der Waals surface area contributed by atoms with Crippen molar-refractivity contribution in [2.75, 3.05) is 7.11 Å². The average Bonchev–Trinajstić information content (AvgIpc) is 3.06. The van der Waals surface area contributed by atoms with Crippen molar-refractivity contribution in [2.24, 2.45) is 17.8 Å². The quantitative estimate of drug-likeness (QED) is 0.405. The van der Waals surface area contributed by atoms with Gasteiger partial charge in [-0.25, -0.2) is 0 Å². The molecule has 5 rings (SSSR count). The molecule has 1 aromatic rings. The molecule has 7 nitrogen and oxygen atoms in total. The molecule has 0 aromatic heterocycles. The third-order valence-corrected chi connectivity index (χ3v) is 7.30. The Morgan fingerprint density at radius 3 is 2.59 bits per heavy atom. The molecule has 0 bridgehead atoms. The second-order valence-corrected chi connectivity index (χ2v) is 9.04. The van der Waals surface area contributed by atoms with Gasteiger partial charge in [0.15, 0.2) is 23.1 Å². The van der Waals surface area contributed by atoms with E-state index in [1.54, 1.807) is 19.1 Å². The van der Waals surface area contributed by atoms with E-state index < -0.39 is 23.7 Å². The third kappa shape index (κ3) is 2.80. The van der Waals surface area contributed by atoms with Gasteiger partial charge in [0.05, 0.1) is 24.0 Å². The standard InChI is InChI=1S/C24H20ClNO6/c1-9-5-16(27)14-8-13-11(3-4-12-19(13)24(31)26-23(12)30)18(20(14)21(9)28)10-6-15(25)22(29)17(7-10)32-2/h3,5-7,12-13,18-19,29H,4,8H2,1-2H3,(H,26,30,31)/t12-,13+,18-,19-/m0/s1. The number of phenolic OH excluding ortho intramolecular Hbond substituents is 1. The molecule has 1 fully saturated rings. The molecule has 2 amide bonds. The summed E-state index contributed by atoms with van der Waals surface area (Å²) in [6.07, 6.45) is 3.83. The van der Waals surface area contributed by atoms with Crippen molar-refractivity contribution in [3.8, 4) is 11.5 Å². The maximum atomic E-state index is 13.3. The molecule has 4 aliphatic rings. The van der Waals surface area contributed by atoms with Crippen LogP contribution >= 0.6 is 11.6 Å². The Labute approximate surface area is 188 Å². The fourth-order valence-corrected chi connectivity index (χ4v) is 5.79. The Morgan fingerprint density at radius 1 is 1.12 bits per heavy atom. The lowest BCUT2D eigenvalue weighted by molar-refractivity contribution is -0.126. The van der Waals surface area contributed by atoms with Gasteiger partial charge in [-0.15, -0.1) is 0 Å². The Morgan fingerprint density at radius 2 is 1.88 bits per heavy atom. The first-order chi connectivity index (χ1) is 15.2. The summed E-state index contributed by atoms with van der Waals surface area (Å²) >= 11 is 6.25. The van der Waals surface area contributed by atoms with E-state index in [4.69, 9.17) is 16.3 Å². The van der Waals surface area contributed by atoms with E-state index in [1.165, 1.54) is 13.2 Å². The number of hydrogen-bond acceptors (Lipinski definition) is 6. The molecule has 2 N–H and O–H groups in total. The first-order valence-corrected chi connectivity index (χ1v) is 10.7. The Bertz CT molecular complexity index is 1220. The summed E-state index contributed by atoms with van der Waals surface area (Å²) in [5.74, 6) is -3.34. The van der Waals surface area contributed by atoms with E-state index in [-0.39, 0.29) is 46.3 Å². The number of aromatic hydroxyl groups is 1. The van der Waals surface area contributed by atoms with Gasteiger partial charge in [0.2, 0.25) is 11.8 Å². The number of carbonyl (C=O) groups is 4. The Kier molecular flexibility index (Phi) is 4.64. The average molecular weight is 454 g/mol. The first kappa shape index (κ1) is 20.7. The number of hydrogen-bond donors (Lipinski definition) is 2. The first-order valence-electron chi connectivity index (χ1n) is 10.3. The van der Waals surface area contributed by atoms with Crippen molar-refractivity contribution in [3.63, 3.8) is 0 Å². The second-order valence-electron chi connectivity index (χ2n) is 8.64. The summed E-state index contributed by atoms with van der Waals surface area (Å²) in [7, 11) is 1.39. The van der Waals surface area contributed by atoms with Gasteiger partial charge < -0.3 is 9.84 Å². The molecule has 3 aliphatic carbocycles. The van der Waals surface area contributed by atoms with Crippen LogP contribution in [0, 0.1) is 17.8 Å². The van der Waals surface area contributed by atoms with E-state index in [0.29, 0.717) is 28.7 Å². The highest BCUT2D eigenvalue weighted by Gasteiger charge is 2.53. The predicted octanol–water partition coefficient (Wildman–Crippen LogP) is 2.77. The molecule has 32 heavy (non-hydrogen) atoms. The highest BCUT2D eigenvalue weighted by molar-refractivity contribution is 6.32. The maximum absolute atomic E-state index is 13.3. The van der Waals surface area contributed by atoms with Crippen LogP contribution in [0.5, 0.6) is 11.5 Å². The minimum Gasteiger partial charge on any atom is -0.503 e. The van der Waals surface area contributed by atoms with E-state index in [0.717, 1.165) is 5.57 Å². The van der Waals surface area contributed by atoms with Crippen molar-refractivity contribution < 1.29 is 29.0 Å². The minimum absolute atomic E-state index is 0.0496. The SMILES string of the molecule is COc1cc([C@H]2C3=CC[C@@H]4C(=O)NC(=O)[C@@H]4[C@@H]3CC3=C2C(=O)C(C)=CC3=O)cc(Cl)c1O. The zero-order valence-electron chi connectivity index (χ0n) is 17.4. The van der Waals surface area contributed by atoms with Crippen molar-refractivity contribution >= 4 is 35.0 Å². The number of Topliss-reactive ketones (excluding diaryl/α,β-unsaturated/α-hetero) is 1. The van der Waals surface area contributed by atoms with E-state index in [1.807, 2.05) is 6.08 Å². The molecule has 164 valence electrons. The van der Waals surface area contributed by atoms with Gasteiger partial charge in [0.25, 0.3) is 0 Å². The monoisotopic (exact) mass is 453 g/mol. The van der Waals surface area contributed by atoms with Crippen molar-refractivity contribution in [2.45, 2.75) is 25.7 Å². The minimum atomic E-state index is -0.639. The Balaban J connectivity index is 1.75. The van der Waals surface area contributed by atoms with Crippen LogP contribution in [0.4, 0.5) is 0 Å². The van der Waals surface area contributed by atoms with Gasteiger partial charge in [-0.3, -0.25) is 24.5 Å². The molecule has 1 saturated heterocycles. The lowest BCUT2D eigenvalue weighted by Gasteiger charge is -2.42. The number of phenols is 1. The summed E-state index contributed by atoms with van der Waals surface area (Å²) in [5, 5.41) is 12.7. The molecule has 1 aromatic carbocycles. The topological polar surface area (TPSA) is 110 Å². The molecule has 1 heterocycles. The van der Waals surface area contributed by atoms with Gasteiger partial charge in [-0.2, -0.15) is 0 Å². The smallest absolute Gasteiger partial charge is 0.231 e. The molecular weight excluding hydrogens is 434 g/mol. The lowest BCUT2D eigenvalue weighted by atomic mass is 9.59. The van der Waals surface area contributed by atoms with Crippen LogP contribution < -0.4 is 10.1 Å². The molecular formula is C24H20ClNO6. The number of imide groups is 1. The van der Waals surface area contributed by atoms with Crippen LogP contribution in [0.2, 0.25) is 5.02 Å². The number of ether oxygens (including phenoxy) is 1. The molecule has 0 spiro atoms. The van der Waals surface area contributed by atoms with Gasteiger partial charge in [0, 0.05) is 22.6 Å². The summed E-state index contributed by atoms with van der Waals surface area (Å²) in [4.78, 5) is 51.2. The number of fused-ring (bicyclic) bond motifs is 3. The number of rotatable bonds is 2. The zero-order chi connectivity index (χ0) is 22.9. The largest absolute Gasteiger partial charge is 0.503 e. The highest BCUT2D eigenvalue weighted by Crippen LogP contribution is 2.55. The van der Waals surface area contributed by atoms with E-state index in [9.17, 15) is 24.3 Å². The van der Waals surface area contributed by atoms with E-state index in [2.05, 4.69) is 5.32 Å². The van der Waals surface area contributed by atoms with Gasteiger partial charge in [-0.05, 0) is 49.5 Å². The number of allylic oxidation sites excluding steroid dienone is 6. The van der Waals surface area contributed by atoms with Crippen LogP contribution in [-0.2, 0) is 19.2 Å². The van der Waals surface area contributed by atoms with Crippen LogP contribution in [0.1, 0.15) is 31.2 Å². The number of nitrogens with one attached hydrogen (secondary N) is 1. The van der Waals surface area contributed by atoms with Crippen LogP contribution in [0.15, 0.2) is 46.6 Å². The molecule has 1 aliphatic heterocycles. The van der Waals surface area contributed by atoms with Crippen molar-refractivity contribution in [1.29, 1.82) is 0 Å². The summed E-state index contributed by atoms with van der Waals surface area (Å²) in [6, 6.07) is 3.15. The van der Waals surface area contributed by atoms with Gasteiger partial charge >= 0.3 is 0 Å². The normalized spacial score (nSPS) is 29.1. The second kappa shape index (κ2) is 7.17. The molecule has 8 heteroatoms. The number of halogens is 1. The summed E-state index contributed by atoms with van der Waals surface area (Å²) in [6.45, 7) is 1.60. The number of amides is 2. The molecule has 4 atom stereocenters. The summed E-state index contributed by atoms with van der Waals surface area (Å²) < 4.78 is 5.26. The number of methoxy groups -OCH3 is 1. The molecule has 0 unspecified atom stereocenters. The molecule has 0 radical (unpaired) electrons. The van der Waals surface area contributed by atoms with Crippen LogP contribution in [0.3, 0.4) is 0 Å². The molecule has 0 saturated carbocycles. The highest BCUT2D eigenvalue weighted by atomic mass is 35.5. The Hall–Kier alpha value is -3.19. The fraction of sp³-hybridized carbons (Fsp3) is 0.333.